The van der Waals surface area contributed by atoms with Crippen LogP contribution in [0.4, 0.5) is 0 Å². The summed E-state index contributed by atoms with van der Waals surface area (Å²) in [5, 5.41) is 42.9. The van der Waals surface area contributed by atoms with Gasteiger partial charge in [-0.3, -0.25) is 28.8 Å². The van der Waals surface area contributed by atoms with Gasteiger partial charge in [-0.2, -0.15) is 0 Å². The number of rotatable bonds is 18. The third kappa shape index (κ3) is 13.0. The lowest BCUT2D eigenvalue weighted by Crippen LogP contribution is -2.57. The molecule has 0 spiro atoms. The van der Waals surface area contributed by atoms with Crippen LogP contribution in [0.1, 0.15) is 44.1 Å². The molecule has 4 unspecified atom stereocenters. The van der Waals surface area contributed by atoms with E-state index < -0.39 is 97.9 Å². The molecule has 0 aromatic heterocycles. The standard InChI is InChI=1S/C24H32N4O11/c25-14(6-9-18(29)30)21(35)26-15(7-10-19(31)32)22(36)28-17(12-13-4-2-1-3-5-13)23(37)27-16(24(38)39)8-11-20(33)34/h1-5,14-17H,6-12,25H2,(H,26,35)(H,27,37)(H,28,36)(H,29,30)(H,31,32)(H,33,34)(H,38,39). The van der Waals surface area contributed by atoms with E-state index in [0.29, 0.717) is 5.56 Å². The van der Waals surface area contributed by atoms with Crippen molar-refractivity contribution in [1.29, 1.82) is 0 Å². The fourth-order valence-electron chi connectivity index (χ4n) is 3.35. The molecule has 15 heteroatoms. The molecular formula is C24H32N4O11. The van der Waals surface area contributed by atoms with Crippen molar-refractivity contribution < 1.29 is 54.0 Å². The Morgan fingerprint density at radius 3 is 1.56 bits per heavy atom. The molecule has 0 bridgehead atoms. The third-order valence-electron chi connectivity index (χ3n) is 5.46. The van der Waals surface area contributed by atoms with E-state index in [-0.39, 0.29) is 12.8 Å². The van der Waals surface area contributed by atoms with Crippen LogP contribution in [0.15, 0.2) is 30.3 Å². The number of hydrogen-bond acceptors (Lipinski definition) is 8. The van der Waals surface area contributed by atoms with Crippen molar-refractivity contribution in [1.82, 2.24) is 16.0 Å². The second-order valence-electron chi connectivity index (χ2n) is 8.62. The molecule has 0 aliphatic heterocycles. The summed E-state index contributed by atoms with van der Waals surface area (Å²) in [5.74, 6) is -8.07. The van der Waals surface area contributed by atoms with E-state index >= 15 is 0 Å². The Balaban J connectivity index is 3.13. The van der Waals surface area contributed by atoms with Crippen LogP contribution in [-0.2, 0) is 40.0 Å². The first-order valence-corrected chi connectivity index (χ1v) is 11.9. The maximum atomic E-state index is 13.1. The van der Waals surface area contributed by atoms with Gasteiger partial charge in [0.15, 0.2) is 0 Å². The quantitative estimate of drug-likeness (QED) is 0.105. The number of nitrogens with two attached hydrogens (primary N) is 1. The summed E-state index contributed by atoms with van der Waals surface area (Å²) in [5.41, 5.74) is 6.24. The van der Waals surface area contributed by atoms with Crippen LogP contribution in [0.2, 0.25) is 0 Å². The number of aliphatic carboxylic acids is 4. The fraction of sp³-hybridized carbons (Fsp3) is 0.458. The van der Waals surface area contributed by atoms with Gasteiger partial charge in [0, 0.05) is 25.7 Å². The van der Waals surface area contributed by atoms with Crippen molar-refractivity contribution in [2.45, 2.75) is 69.1 Å². The van der Waals surface area contributed by atoms with Crippen LogP contribution < -0.4 is 21.7 Å². The van der Waals surface area contributed by atoms with Crippen LogP contribution in [0.25, 0.3) is 0 Å². The van der Waals surface area contributed by atoms with E-state index in [1.54, 1.807) is 30.3 Å². The minimum Gasteiger partial charge on any atom is -0.481 e. The molecular weight excluding hydrogens is 520 g/mol. The summed E-state index contributed by atoms with van der Waals surface area (Å²) in [4.78, 5) is 82.8. The molecule has 0 saturated heterocycles. The lowest BCUT2D eigenvalue weighted by Gasteiger charge is -2.25. The number of amides is 3. The van der Waals surface area contributed by atoms with Gasteiger partial charge in [0.25, 0.3) is 0 Å². The summed E-state index contributed by atoms with van der Waals surface area (Å²) in [6.45, 7) is 0. The first-order valence-electron chi connectivity index (χ1n) is 11.9. The summed E-state index contributed by atoms with van der Waals surface area (Å²) in [6.07, 6.45) is -2.70. The zero-order chi connectivity index (χ0) is 29.5. The zero-order valence-electron chi connectivity index (χ0n) is 20.9. The number of carbonyl (C=O) groups excluding carboxylic acids is 3. The molecule has 1 aromatic rings. The Kier molecular flexibility index (Phi) is 13.6. The largest absolute Gasteiger partial charge is 0.481 e. The molecule has 4 atom stereocenters. The highest BCUT2D eigenvalue weighted by Crippen LogP contribution is 2.08. The van der Waals surface area contributed by atoms with Crippen molar-refractivity contribution >= 4 is 41.6 Å². The lowest BCUT2D eigenvalue weighted by atomic mass is 10.0. The van der Waals surface area contributed by atoms with Gasteiger partial charge in [0.1, 0.15) is 18.1 Å². The first-order chi connectivity index (χ1) is 18.3. The van der Waals surface area contributed by atoms with Crippen molar-refractivity contribution in [3.8, 4) is 0 Å². The molecule has 9 N–H and O–H groups in total. The molecule has 1 rings (SSSR count). The molecule has 0 aliphatic carbocycles. The number of carboxylic acid groups (broad SMARTS) is 4. The van der Waals surface area contributed by atoms with E-state index in [9.17, 15) is 38.7 Å². The number of nitrogens with one attached hydrogen (secondary N) is 3. The van der Waals surface area contributed by atoms with E-state index in [0.717, 1.165) is 0 Å². The second-order valence-corrected chi connectivity index (χ2v) is 8.62. The van der Waals surface area contributed by atoms with Gasteiger partial charge in [-0.15, -0.1) is 0 Å². The molecule has 0 heterocycles. The predicted octanol–water partition coefficient (Wildman–Crippen LogP) is -1.31. The van der Waals surface area contributed by atoms with Gasteiger partial charge in [0.05, 0.1) is 6.04 Å². The monoisotopic (exact) mass is 552 g/mol. The predicted molar refractivity (Wildman–Crippen MR) is 132 cm³/mol. The van der Waals surface area contributed by atoms with Crippen molar-refractivity contribution in [3.05, 3.63) is 35.9 Å². The van der Waals surface area contributed by atoms with E-state index in [4.69, 9.17) is 21.1 Å². The molecule has 214 valence electrons. The van der Waals surface area contributed by atoms with Crippen LogP contribution >= 0.6 is 0 Å². The van der Waals surface area contributed by atoms with Crippen molar-refractivity contribution in [2.75, 3.05) is 0 Å². The minimum absolute atomic E-state index is 0.124. The summed E-state index contributed by atoms with van der Waals surface area (Å²) >= 11 is 0. The van der Waals surface area contributed by atoms with Crippen LogP contribution in [0.5, 0.6) is 0 Å². The number of carbonyl (C=O) groups is 7. The second kappa shape index (κ2) is 16.3. The lowest BCUT2D eigenvalue weighted by molar-refractivity contribution is -0.143. The fourth-order valence-corrected chi connectivity index (χ4v) is 3.35. The molecule has 0 aliphatic rings. The number of benzene rings is 1. The van der Waals surface area contributed by atoms with Gasteiger partial charge in [-0.25, -0.2) is 4.79 Å². The highest BCUT2D eigenvalue weighted by molar-refractivity contribution is 5.94. The summed E-state index contributed by atoms with van der Waals surface area (Å²) < 4.78 is 0. The number of carboxylic acids is 4. The van der Waals surface area contributed by atoms with E-state index in [1.807, 2.05) is 0 Å². The van der Waals surface area contributed by atoms with Gasteiger partial charge < -0.3 is 42.1 Å². The Hall–Kier alpha value is -4.53. The molecule has 15 nitrogen and oxygen atoms in total. The van der Waals surface area contributed by atoms with Gasteiger partial charge >= 0.3 is 23.9 Å². The van der Waals surface area contributed by atoms with Gasteiger partial charge in [-0.05, 0) is 24.8 Å². The van der Waals surface area contributed by atoms with Gasteiger partial charge in [-0.1, -0.05) is 30.3 Å². The maximum absolute atomic E-state index is 13.1. The van der Waals surface area contributed by atoms with Crippen LogP contribution in [0.3, 0.4) is 0 Å². The maximum Gasteiger partial charge on any atom is 0.326 e. The third-order valence-corrected chi connectivity index (χ3v) is 5.46. The van der Waals surface area contributed by atoms with E-state index in [1.165, 1.54) is 0 Å². The highest BCUT2D eigenvalue weighted by Gasteiger charge is 2.31. The molecule has 3 amide bonds. The highest BCUT2D eigenvalue weighted by atomic mass is 16.4. The Bertz CT molecular complexity index is 1050. The van der Waals surface area contributed by atoms with Crippen LogP contribution in [0, 0.1) is 0 Å². The Labute approximate surface area is 222 Å². The Morgan fingerprint density at radius 1 is 0.615 bits per heavy atom. The summed E-state index contributed by atoms with van der Waals surface area (Å²) in [6, 6.07) is 2.55. The van der Waals surface area contributed by atoms with E-state index in [2.05, 4.69) is 16.0 Å². The first kappa shape index (κ1) is 32.5. The molecule has 0 fully saturated rings. The zero-order valence-corrected chi connectivity index (χ0v) is 20.9. The topological polar surface area (TPSA) is 263 Å². The molecule has 1 aromatic carbocycles. The number of hydrogen-bond donors (Lipinski definition) is 8. The molecule has 0 radical (unpaired) electrons. The van der Waals surface area contributed by atoms with Gasteiger partial charge in [0.2, 0.25) is 17.7 Å². The van der Waals surface area contributed by atoms with Crippen molar-refractivity contribution in [3.63, 3.8) is 0 Å². The smallest absolute Gasteiger partial charge is 0.326 e. The van der Waals surface area contributed by atoms with Crippen molar-refractivity contribution in [2.24, 2.45) is 5.73 Å². The normalized spacial score (nSPS) is 13.7. The minimum atomic E-state index is -1.57. The Morgan fingerprint density at radius 2 is 1.05 bits per heavy atom. The summed E-state index contributed by atoms with van der Waals surface area (Å²) in [7, 11) is 0. The average molecular weight is 553 g/mol. The average Bonchev–Trinajstić information content (AvgIpc) is 2.86. The molecule has 39 heavy (non-hydrogen) atoms. The molecule has 0 saturated carbocycles. The SMILES string of the molecule is NC(CCC(=O)O)C(=O)NC(CCC(=O)O)C(=O)NC(Cc1ccccc1)C(=O)NC(CCC(=O)O)C(=O)O. The van der Waals surface area contributed by atoms with Crippen LogP contribution in [-0.4, -0.2) is 86.2 Å².